The fourth-order valence-electron chi connectivity index (χ4n) is 7.70. The average molecular weight is 453 g/mol. The first-order chi connectivity index (χ1) is 16.4. The van der Waals surface area contributed by atoms with Gasteiger partial charge < -0.3 is 0 Å². The molecule has 6 heteroatoms. The Kier molecular flexibility index (Phi) is 3.82. The third kappa shape index (κ3) is 2.17. The van der Waals surface area contributed by atoms with Crippen molar-refractivity contribution in [3.63, 3.8) is 0 Å². The maximum absolute atomic E-state index is 13.6. The Morgan fingerprint density at radius 2 is 0.882 bits per heavy atom. The van der Waals surface area contributed by atoms with Crippen molar-refractivity contribution in [2.24, 2.45) is 47.3 Å². The van der Waals surface area contributed by atoms with Gasteiger partial charge in [0.05, 0.1) is 35.0 Å². The van der Waals surface area contributed by atoms with Crippen molar-refractivity contribution in [1.29, 1.82) is 0 Å². The number of amides is 4. The summed E-state index contributed by atoms with van der Waals surface area (Å²) in [4.78, 5) is 57.1. The molecule has 2 heterocycles. The first-order valence-electron chi connectivity index (χ1n) is 12.0. The van der Waals surface area contributed by atoms with E-state index in [-0.39, 0.29) is 47.3 Å². The van der Waals surface area contributed by atoms with Crippen LogP contribution in [0.1, 0.15) is 11.1 Å². The Hall–Kier alpha value is -3.54. The molecular weight excluding hydrogens is 428 g/mol. The number of para-hydroxylation sites is 2. The second-order valence-electron chi connectivity index (χ2n) is 10.4. The molecule has 0 unspecified atom stereocenters. The van der Waals surface area contributed by atoms with Crippen LogP contribution in [0.5, 0.6) is 0 Å². The van der Waals surface area contributed by atoms with Gasteiger partial charge >= 0.3 is 0 Å². The van der Waals surface area contributed by atoms with Crippen LogP contribution in [0.2, 0.25) is 0 Å². The highest BCUT2D eigenvalue weighted by Crippen LogP contribution is 2.68. The predicted molar refractivity (Wildman–Crippen MR) is 124 cm³/mol. The van der Waals surface area contributed by atoms with Gasteiger partial charge in [0.25, 0.3) is 0 Å². The second-order valence-corrected chi connectivity index (χ2v) is 10.4. The Bertz CT molecular complexity index is 1290. The summed E-state index contributed by atoms with van der Waals surface area (Å²) in [6.45, 7) is 3.80. The molecule has 2 saturated heterocycles. The van der Waals surface area contributed by atoms with Gasteiger partial charge in [-0.05, 0) is 60.8 Å². The summed E-state index contributed by atoms with van der Waals surface area (Å²) in [5, 5.41) is 0. The Morgan fingerprint density at radius 1 is 0.529 bits per heavy atom. The molecule has 0 radical (unpaired) electrons. The zero-order valence-electron chi connectivity index (χ0n) is 18.9. The lowest BCUT2D eigenvalue weighted by atomic mass is 9.40. The maximum Gasteiger partial charge on any atom is 0.238 e. The molecule has 8 atom stereocenters. The highest BCUT2D eigenvalue weighted by molar-refractivity contribution is 6.25. The number of anilines is 2. The maximum atomic E-state index is 13.6. The van der Waals surface area contributed by atoms with Crippen LogP contribution in [0.3, 0.4) is 0 Å². The van der Waals surface area contributed by atoms with E-state index in [2.05, 4.69) is 0 Å². The Labute approximate surface area is 197 Å². The smallest absolute Gasteiger partial charge is 0.238 e. The zero-order valence-corrected chi connectivity index (χ0v) is 18.9. The van der Waals surface area contributed by atoms with Crippen LogP contribution in [-0.2, 0) is 19.2 Å². The first kappa shape index (κ1) is 19.9. The van der Waals surface area contributed by atoms with Gasteiger partial charge in [-0.25, -0.2) is 9.80 Å². The molecule has 8 rings (SSSR count). The van der Waals surface area contributed by atoms with Crippen LogP contribution in [0, 0.1) is 61.2 Å². The monoisotopic (exact) mass is 452 g/mol. The van der Waals surface area contributed by atoms with Gasteiger partial charge in [-0.15, -0.1) is 0 Å². The lowest BCUT2D eigenvalue weighted by molar-refractivity contribution is -0.166. The van der Waals surface area contributed by atoms with E-state index in [0.29, 0.717) is 11.4 Å². The molecule has 2 aromatic rings. The number of hydrogen-bond acceptors (Lipinski definition) is 4. The lowest BCUT2D eigenvalue weighted by Crippen LogP contribution is -2.63. The van der Waals surface area contributed by atoms with E-state index in [9.17, 15) is 19.2 Å². The number of nitrogens with zero attached hydrogens (tertiary/aromatic N) is 2. The van der Waals surface area contributed by atoms with Gasteiger partial charge in [0.15, 0.2) is 0 Å². The van der Waals surface area contributed by atoms with Crippen LogP contribution in [0.4, 0.5) is 11.4 Å². The van der Waals surface area contributed by atoms with Crippen LogP contribution in [0.15, 0.2) is 60.7 Å². The molecular formula is C28H24N2O4. The molecule has 6 nitrogen and oxygen atoms in total. The lowest BCUT2D eigenvalue weighted by Gasteiger charge is -2.60. The van der Waals surface area contributed by atoms with E-state index in [1.54, 1.807) is 0 Å². The number of carbonyl (C=O) groups is 4. The first-order valence-corrected chi connectivity index (χ1v) is 12.0. The minimum Gasteiger partial charge on any atom is -0.274 e. The largest absolute Gasteiger partial charge is 0.274 e. The molecule has 2 aliphatic heterocycles. The molecule has 0 N–H and O–H groups in total. The van der Waals surface area contributed by atoms with Gasteiger partial charge in [-0.3, -0.25) is 19.2 Å². The van der Waals surface area contributed by atoms with Crippen LogP contribution in [0.25, 0.3) is 0 Å². The van der Waals surface area contributed by atoms with Crippen molar-refractivity contribution < 1.29 is 19.2 Å². The molecule has 4 aliphatic carbocycles. The highest BCUT2D eigenvalue weighted by Gasteiger charge is 2.75. The van der Waals surface area contributed by atoms with Gasteiger partial charge in [0, 0.05) is 0 Å². The Morgan fingerprint density at radius 3 is 1.26 bits per heavy atom. The number of benzene rings is 2. The standard InChI is InChI=1S/C28H24N2O4/c1-13-7-3-5-9-17(13)29-25(31)21-15-11-12-16(22(21)26(29)32)20-19(15)23-24(20)28(34)30(27(23)33)18-10-6-4-8-14(18)2/h3-12,15-16,19-24H,1-2H3/t15-,16-,19-,20-,21-,22+,23-,24-/m1/s1. The van der Waals surface area contributed by atoms with E-state index < -0.39 is 23.7 Å². The second kappa shape index (κ2) is 6.53. The van der Waals surface area contributed by atoms with Crippen molar-refractivity contribution in [3.05, 3.63) is 71.8 Å². The number of fused-ring (bicyclic) bond motifs is 1. The number of hydrogen-bond donors (Lipinski definition) is 0. The van der Waals surface area contributed by atoms with E-state index in [0.717, 1.165) is 11.1 Å². The summed E-state index contributed by atoms with van der Waals surface area (Å²) in [6, 6.07) is 14.9. The van der Waals surface area contributed by atoms with E-state index in [1.165, 1.54) is 9.80 Å². The average Bonchev–Trinajstić information content (AvgIpc) is 3.19. The molecule has 4 amide bonds. The van der Waals surface area contributed by atoms with Crippen molar-refractivity contribution in [2.45, 2.75) is 13.8 Å². The molecule has 0 aromatic heterocycles. The summed E-state index contributed by atoms with van der Waals surface area (Å²) in [5.41, 5.74) is 3.03. The minimum atomic E-state index is -0.459. The number of imide groups is 2. The molecule has 2 aromatic carbocycles. The summed E-state index contributed by atoms with van der Waals surface area (Å²) in [6.07, 6.45) is 4.09. The SMILES string of the molecule is Cc1ccccc1N1C(=O)[C@@H]2[C@@H]3C=C[C@@H]([C@@H]2C1=O)[C@H]1[C@H]2C(=O)N(c4ccccc4C)C(=O)[C@@H]2[C@H]31. The molecule has 6 aliphatic rings. The topological polar surface area (TPSA) is 74.8 Å². The number of carbonyl (C=O) groups excluding carboxylic acids is 4. The summed E-state index contributed by atoms with van der Waals surface area (Å²) < 4.78 is 0. The van der Waals surface area contributed by atoms with Crippen molar-refractivity contribution in [2.75, 3.05) is 9.80 Å². The third-order valence-electron chi connectivity index (χ3n) is 9.06. The van der Waals surface area contributed by atoms with Gasteiger partial charge in [0.2, 0.25) is 23.6 Å². The normalized spacial score (nSPS) is 37.1. The van der Waals surface area contributed by atoms with Gasteiger partial charge in [-0.2, -0.15) is 0 Å². The van der Waals surface area contributed by atoms with Crippen LogP contribution in [-0.4, -0.2) is 23.6 Å². The Balaban J connectivity index is 1.27. The van der Waals surface area contributed by atoms with Crippen molar-refractivity contribution >= 4 is 35.0 Å². The third-order valence-corrected chi connectivity index (χ3v) is 9.06. The molecule has 34 heavy (non-hydrogen) atoms. The van der Waals surface area contributed by atoms with Crippen molar-refractivity contribution in [1.82, 2.24) is 0 Å². The molecule has 170 valence electrons. The van der Waals surface area contributed by atoms with E-state index >= 15 is 0 Å². The fourth-order valence-corrected chi connectivity index (χ4v) is 7.70. The van der Waals surface area contributed by atoms with Crippen LogP contribution >= 0.6 is 0 Å². The van der Waals surface area contributed by atoms with Gasteiger partial charge in [-0.1, -0.05) is 48.6 Å². The molecule has 2 bridgehead atoms. The number of rotatable bonds is 2. The number of allylic oxidation sites excluding steroid dienone is 2. The quantitative estimate of drug-likeness (QED) is 0.518. The summed E-state index contributed by atoms with van der Waals surface area (Å²) in [7, 11) is 0. The van der Waals surface area contributed by atoms with E-state index in [1.807, 2.05) is 74.5 Å². The molecule has 0 spiro atoms. The van der Waals surface area contributed by atoms with Crippen molar-refractivity contribution in [3.8, 4) is 0 Å². The van der Waals surface area contributed by atoms with E-state index in [4.69, 9.17) is 0 Å². The number of aryl methyl sites for hydroxylation is 2. The fraction of sp³-hybridized carbons (Fsp3) is 0.357. The summed E-state index contributed by atoms with van der Waals surface area (Å²) >= 11 is 0. The van der Waals surface area contributed by atoms with Crippen LogP contribution < -0.4 is 9.80 Å². The zero-order chi connectivity index (χ0) is 23.5. The summed E-state index contributed by atoms with van der Waals surface area (Å²) in [5.74, 6) is -2.92. The molecule has 2 saturated carbocycles. The highest BCUT2D eigenvalue weighted by atomic mass is 16.2. The minimum absolute atomic E-state index is 0.0692. The van der Waals surface area contributed by atoms with Gasteiger partial charge in [0.1, 0.15) is 0 Å². The predicted octanol–water partition coefficient (Wildman–Crippen LogP) is 3.28. The molecule has 4 fully saturated rings.